The van der Waals surface area contributed by atoms with Gasteiger partial charge in [-0.3, -0.25) is 0 Å². The number of hydrogen-bond donors (Lipinski definition) is 1. The minimum atomic E-state index is 0.525. The summed E-state index contributed by atoms with van der Waals surface area (Å²) >= 11 is 1.73. The molecule has 1 fully saturated rings. The third-order valence-electron chi connectivity index (χ3n) is 2.91. The van der Waals surface area contributed by atoms with E-state index in [9.17, 15) is 0 Å². The maximum absolute atomic E-state index is 5.38. The van der Waals surface area contributed by atoms with E-state index in [0.717, 1.165) is 25.5 Å². The lowest BCUT2D eigenvalue weighted by Gasteiger charge is -2.18. The van der Waals surface area contributed by atoms with E-state index in [1.807, 2.05) is 6.92 Å². The quantitative estimate of drug-likeness (QED) is 0.852. The predicted molar refractivity (Wildman–Crippen MR) is 62.1 cm³/mol. The molecule has 4 heteroatoms. The normalized spacial score (nSPS) is 23.2. The Morgan fingerprint density at radius 1 is 1.73 bits per heavy atom. The smallest absolute Gasteiger partial charge is 0.107 e. The fourth-order valence-electron chi connectivity index (χ4n) is 1.85. The molecule has 1 saturated heterocycles. The highest BCUT2D eigenvalue weighted by Crippen LogP contribution is 2.17. The summed E-state index contributed by atoms with van der Waals surface area (Å²) in [6.45, 7) is 6.99. The van der Waals surface area contributed by atoms with Crippen LogP contribution in [0, 0.1) is 12.8 Å². The van der Waals surface area contributed by atoms with Crippen molar-refractivity contribution >= 4 is 11.3 Å². The second-order valence-corrected chi connectivity index (χ2v) is 5.12. The summed E-state index contributed by atoms with van der Waals surface area (Å²) in [5.74, 6) is 0.672. The van der Waals surface area contributed by atoms with Crippen LogP contribution < -0.4 is 5.32 Å². The van der Waals surface area contributed by atoms with Gasteiger partial charge in [-0.05, 0) is 26.2 Å². The maximum Gasteiger partial charge on any atom is 0.107 e. The van der Waals surface area contributed by atoms with E-state index in [2.05, 4.69) is 22.6 Å². The Kier molecular flexibility index (Phi) is 3.72. The largest absolute Gasteiger partial charge is 0.381 e. The highest BCUT2D eigenvalue weighted by Gasteiger charge is 2.21. The van der Waals surface area contributed by atoms with Crippen molar-refractivity contribution in [3.8, 4) is 0 Å². The summed E-state index contributed by atoms with van der Waals surface area (Å²) in [7, 11) is 0. The van der Waals surface area contributed by atoms with Crippen LogP contribution in [0.25, 0.3) is 0 Å². The molecule has 1 N–H and O–H groups in total. The number of nitrogens with zero attached hydrogens (tertiary/aromatic N) is 1. The summed E-state index contributed by atoms with van der Waals surface area (Å²) < 4.78 is 5.38. The minimum absolute atomic E-state index is 0.525. The highest BCUT2D eigenvalue weighted by molar-refractivity contribution is 7.09. The van der Waals surface area contributed by atoms with Gasteiger partial charge in [-0.25, -0.2) is 4.98 Å². The Labute approximate surface area is 94.9 Å². The van der Waals surface area contributed by atoms with E-state index in [-0.39, 0.29) is 0 Å². The molecular weight excluding hydrogens is 208 g/mol. The average Bonchev–Trinajstić information content (AvgIpc) is 2.84. The van der Waals surface area contributed by atoms with E-state index >= 15 is 0 Å². The molecule has 0 radical (unpaired) electrons. The number of aromatic nitrogens is 1. The van der Waals surface area contributed by atoms with Gasteiger partial charge in [0.2, 0.25) is 0 Å². The first-order chi connectivity index (χ1) is 7.25. The average molecular weight is 226 g/mol. The van der Waals surface area contributed by atoms with E-state index < -0.39 is 0 Å². The molecule has 0 bridgehead atoms. The van der Waals surface area contributed by atoms with Crippen molar-refractivity contribution in [1.29, 1.82) is 0 Å². The van der Waals surface area contributed by atoms with Crippen LogP contribution in [0.2, 0.25) is 0 Å². The monoisotopic (exact) mass is 226 g/mol. The lowest BCUT2D eigenvalue weighted by molar-refractivity contribution is 0.178. The number of nitrogens with one attached hydrogen (secondary N) is 1. The topological polar surface area (TPSA) is 34.1 Å². The van der Waals surface area contributed by atoms with Crippen LogP contribution in [0.5, 0.6) is 0 Å². The summed E-state index contributed by atoms with van der Waals surface area (Å²) in [5, 5.41) is 6.80. The van der Waals surface area contributed by atoms with Crippen molar-refractivity contribution < 1.29 is 4.74 Å². The molecule has 2 rings (SSSR count). The van der Waals surface area contributed by atoms with Crippen molar-refractivity contribution in [2.75, 3.05) is 13.2 Å². The van der Waals surface area contributed by atoms with Gasteiger partial charge in [-0.2, -0.15) is 0 Å². The molecule has 0 spiro atoms. The van der Waals surface area contributed by atoms with Crippen LogP contribution in [0.1, 0.15) is 24.0 Å². The van der Waals surface area contributed by atoms with Crippen LogP contribution in [-0.4, -0.2) is 24.2 Å². The van der Waals surface area contributed by atoms with E-state index in [1.54, 1.807) is 11.3 Å². The maximum atomic E-state index is 5.38. The minimum Gasteiger partial charge on any atom is -0.381 e. The van der Waals surface area contributed by atoms with Gasteiger partial charge >= 0.3 is 0 Å². The summed E-state index contributed by atoms with van der Waals surface area (Å²) in [6.07, 6.45) is 1.19. The van der Waals surface area contributed by atoms with Crippen molar-refractivity contribution in [1.82, 2.24) is 10.3 Å². The molecule has 2 heterocycles. The van der Waals surface area contributed by atoms with E-state index in [4.69, 9.17) is 4.74 Å². The standard InChI is InChI=1S/C11H18N2OS/c1-8-7-15-11(13-8)5-12-9(2)10-3-4-14-6-10/h7,9-10,12H,3-6H2,1-2H3. The van der Waals surface area contributed by atoms with E-state index in [1.165, 1.54) is 11.4 Å². The molecule has 0 aliphatic carbocycles. The summed E-state index contributed by atoms with van der Waals surface area (Å²) in [6, 6.07) is 0.525. The first-order valence-corrected chi connectivity index (χ1v) is 6.36. The number of ether oxygens (including phenoxy) is 1. The second-order valence-electron chi connectivity index (χ2n) is 4.18. The lowest BCUT2D eigenvalue weighted by Crippen LogP contribution is -2.33. The number of hydrogen-bond acceptors (Lipinski definition) is 4. The van der Waals surface area contributed by atoms with Gasteiger partial charge in [0.1, 0.15) is 5.01 Å². The van der Waals surface area contributed by atoms with Crippen LogP contribution in [0.15, 0.2) is 5.38 Å². The molecule has 15 heavy (non-hydrogen) atoms. The first kappa shape index (κ1) is 11.0. The van der Waals surface area contributed by atoms with Crippen LogP contribution >= 0.6 is 11.3 Å². The molecule has 2 unspecified atom stereocenters. The zero-order chi connectivity index (χ0) is 10.7. The molecule has 3 nitrogen and oxygen atoms in total. The first-order valence-electron chi connectivity index (χ1n) is 5.48. The SMILES string of the molecule is Cc1csc(CNC(C)C2CCOC2)n1. The number of rotatable bonds is 4. The lowest BCUT2D eigenvalue weighted by atomic mass is 10.0. The summed E-state index contributed by atoms with van der Waals surface area (Å²) in [5.41, 5.74) is 1.12. The fraction of sp³-hybridized carbons (Fsp3) is 0.727. The third kappa shape index (κ3) is 3.00. The molecule has 0 aromatic carbocycles. The van der Waals surface area contributed by atoms with Gasteiger partial charge in [0.15, 0.2) is 0 Å². The molecule has 2 atom stereocenters. The molecule has 0 saturated carbocycles. The fourth-order valence-corrected chi connectivity index (χ4v) is 2.57. The van der Waals surface area contributed by atoms with Gasteiger partial charge in [-0.15, -0.1) is 11.3 Å². The van der Waals surface area contributed by atoms with Crippen molar-refractivity contribution in [2.45, 2.75) is 32.9 Å². The molecule has 84 valence electrons. The molecule has 1 aromatic heterocycles. The van der Waals surface area contributed by atoms with Gasteiger partial charge in [-0.1, -0.05) is 0 Å². The van der Waals surface area contributed by atoms with Crippen LogP contribution in [-0.2, 0) is 11.3 Å². The zero-order valence-electron chi connectivity index (χ0n) is 9.32. The summed E-state index contributed by atoms with van der Waals surface area (Å²) in [4.78, 5) is 4.43. The highest BCUT2D eigenvalue weighted by atomic mass is 32.1. The molecule has 1 aromatic rings. The van der Waals surface area contributed by atoms with Crippen LogP contribution in [0.4, 0.5) is 0 Å². The zero-order valence-corrected chi connectivity index (χ0v) is 10.1. The Hall–Kier alpha value is -0.450. The molecular formula is C11H18N2OS. The number of thiazole rings is 1. The van der Waals surface area contributed by atoms with E-state index in [0.29, 0.717) is 12.0 Å². The Balaban J connectivity index is 1.77. The number of aryl methyl sites for hydroxylation is 1. The van der Waals surface area contributed by atoms with Crippen molar-refractivity contribution in [3.05, 3.63) is 16.1 Å². The Morgan fingerprint density at radius 2 is 2.60 bits per heavy atom. The Bertz CT molecular complexity index is 307. The van der Waals surface area contributed by atoms with Gasteiger partial charge in [0.25, 0.3) is 0 Å². The molecule has 1 aliphatic heterocycles. The Morgan fingerprint density at radius 3 is 3.20 bits per heavy atom. The third-order valence-corrected chi connectivity index (χ3v) is 3.88. The van der Waals surface area contributed by atoms with Gasteiger partial charge in [0, 0.05) is 30.3 Å². The predicted octanol–water partition coefficient (Wildman–Crippen LogP) is 1.97. The van der Waals surface area contributed by atoms with Crippen molar-refractivity contribution in [3.63, 3.8) is 0 Å². The van der Waals surface area contributed by atoms with Gasteiger partial charge < -0.3 is 10.1 Å². The molecule has 0 amide bonds. The molecule has 1 aliphatic rings. The van der Waals surface area contributed by atoms with Crippen molar-refractivity contribution in [2.24, 2.45) is 5.92 Å². The van der Waals surface area contributed by atoms with Crippen LogP contribution in [0.3, 0.4) is 0 Å². The van der Waals surface area contributed by atoms with Gasteiger partial charge in [0.05, 0.1) is 6.61 Å². The second kappa shape index (κ2) is 5.05.